The largest absolute Gasteiger partial charge is 0.367 e. The average Bonchev–Trinajstić information content (AvgIpc) is 2.74. The van der Waals surface area contributed by atoms with Crippen LogP contribution in [-0.2, 0) is 0 Å². The van der Waals surface area contributed by atoms with E-state index in [4.69, 9.17) is 0 Å². The Bertz CT molecular complexity index is 202. The second-order valence-corrected chi connectivity index (χ2v) is 4.48. The monoisotopic (exact) mass is 180 g/mol. The van der Waals surface area contributed by atoms with Crippen molar-refractivity contribution in [2.45, 2.75) is 57.4 Å². The number of amidine groups is 1. The Hall–Kier alpha value is -0.530. The van der Waals surface area contributed by atoms with Crippen molar-refractivity contribution in [3.63, 3.8) is 0 Å². The number of hydrogen-bond donors (Lipinski definition) is 1. The molecule has 74 valence electrons. The van der Waals surface area contributed by atoms with Crippen LogP contribution in [0.15, 0.2) is 4.99 Å². The van der Waals surface area contributed by atoms with E-state index in [1.807, 2.05) is 0 Å². The van der Waals surface area contributed by atoms with Gasteiger partial charge in [-0.15, -0.1) is 0 Å². The van der Waals surface area contributed by atoms with E-state index in [1.165, 1.54) is 44.4 Å². The van der Waals surface area contributed by atoms with Crippen LogP contribution in [0.25, 0.3) is 0 Å². The third-order valence-corrected chi connectivity index (χ3v) is 3.31. The lowest BCUT2D eigenvalue weighted by molar-refractivity contribution is 0.425. The summed E-state index contributed by atoms with van der Waals surface area (Å²) < 4.78 is 0. The molecule has 1 aliphatic heterocycles. The molecule has 2 aliphatic rings. The molecule has 0 radical (unpaired) electrons. The maximum Gasteiger partial charge on any atom is 0.0969 e. The standard InChI is InChI=1S/C11H20N2/c1-2-3-6-10-12-9-11(13-10)7-4-5-8-11/h2-9H2,1H3,(H,12,13). The zero-order valence-electron chi connectivity index (χ0n) is 8.60. The Labute approximate surface area is 80.8 Å². The molecular weight excluding hydrogens is 160 g/mol. The number of unbranched alkanes of at least 4 members (excludes halogenated alkanes) is 1. The quantitative estimate of drug-likeness (QED) is 0.709. The molecule has 2 rings (SSSR count). The summed E-state index contributed by atoms with van der Waals surface area (Å²) >= 11 is 0. The van der Waals surface area contributed by atoms with Crippen LogP contribution in [0.1, 0.15) is 51.9 Å². The lowest BCUT2D eigenvalue weighted by atomic mass is 9.99. The van der Waals surface area contributed by atoms with Crippen molar-refractivity contribution >= 4 is 5.84 Å². The van der Waals surface area contributed by atoms with E-state index in [1.54, 1.807) is 0 Å². The van der Waals surface area contributed by atoms with E-state index in [2.05, 4.69) is 17.2 Å². The summed E-state index contributed by atoms with van der Waals surface area (Å²) in [5, 5.41) is 3.65. The van der Waals surface area contributed by atoms with Crippen molar-refractivity contribution in [1.29, 1.82) is 0 Å². The lowest BCUT2D eigenvalue weighted by Gasteiger charge is -2.23. The summed E-state index contributed by atoms with van der Waals surface area (Å²) in [6, 6.07) is 0. The highest BCUT2D eigenvalue weighted by Gasteiger charge is 2.37. The van der Waals surface area contributed by atoms with Crippen LogP contribution in [0.2, 0.25) is 0 Å². The minimum absolute atomic E-state index is 0.406. The van der Waals surface area contributed by atoms with Gasteiger partial charge in [0.25, 0.3) is 0 Å². The minimum atomic E-state index is 0.406. The zero-order chi connectivity index (χ0) is 9.15. The summed E-state index contributed by atoms with van der Waals surface area (Å²) in [5.74, 6) is 1.28. The molecule has 0 bridgehead atoms. The first-order valence-corrected chi connectivity index (χ1v) is 5.66. The highest BCUT2D eigenvalue weighted by atomic mass is 15.1. The molecule has 0 saturated heterocycles. The van der Waals surface area contributed by atoms with Gasteiger partial charge in [-0.25, -0.2) is 0 Å². The van der Waals surface area contributed by atoms with Gasteiger partial charge in [0.1, 0.15) is 0 Å². The van der Waals surface area contributed by atoms with Gasteiger partial charge < -0.3 is 5.32 Å². The van der Waals surface area contributed by atoms with Gasteiger partial charge >= 0.3 is 0 Å². The van der Waals surface area contributed by atoms with E-state index in [0.29, 0.717) is 5.54 Å². The van der Waals surface area contributed by atoms with Gasteiger partial charge in [0.15, 0.2) is 0 Å². The summed E-state index contributed by atoms with van der Waals surface area (Å²) in [6.07, 6.45) is 9.18. The lowest BCUT2D eigenvalue weighted by Crippen LogP contribution is -2.42. The number of hydrogen-bond acceptors (Lipinski definition) is 2. The second-order valence-electron chi connectivity index (χ2n) is 4.48. The summed E-state index contributed by atoms with van der Waals surface area (Å²) in [4.78, 5) is 4.61. The van der Waals surface area contributed by atoms with Crippen molar-refractivity contribution in [3.05, 3.63) is 0 Å². The molecule has 1 aliphatic carbocycles. The predicted molar refractivity (Wildman–Crippen MR) is 56.2 cm³/mol. The van der Waals surface area contributed by atoms with Gasteiger partial charge in [0.2, 0.25) is 0 Å². The van der Waals surface area contributed by atoms with Gasteiger partial charge in [0.05, 0.1) is 17.9 Å². The van der Waals surface area contributed by atoms with Gasteiger partial charge in [-0.05, 0) is 19.3 Å². The summed E-state index contributed by atoms with van der Waals surface area (Å²) in [6.45, 7) is 3.28. The molecule has 1 saturated carbocycles. The molecule has 0 amide bonds. The molecule has 1 heterocycles. The maximum absolute atomic E-state index is 4.61. The number of nitrogens with one attached hydrogen (secondary N) is 1. The topological polar surface area (TPSA) is 24.4 Å². The normalized spacial score (nSPS) is 24.8. The van der Waals surface area contributed by atoms with Crippen molar-refractivity contribution in [3.8, 4) is 0 Å². The molecule has 1 fully saturated rings. The Morgan fingerprint density at radius 2 is 2.15 bits per heavy atom. The number of aliphatic imine (C=N–C) groups is 1. The Morgan fingerprint density at radius 3 is 2.85 bits per heavy atom. The van der Waals surface area contributed by atoms with Gasteiger partial charge in [-0.2, -0.15) is 0 Å². The van der Waals surface area contributed by atoms with Crippen molar-refractivity contribution in [2.24, 2.45) is 4.99 Å². The Balaban J connectivity index is 1.84. The predicted octanol–water partition coefficient (Wildman–Crippen LogP) is 2.49. The van der Waals surface area contributed by atoms with Crippen LogP contribution in [-0.4, -0.2) is 17.9 Å². The maximum atomic E-state index is 4.61. The van der Waals surface area contributed by atoms with E-state index in [9.17, 15) is 0 Å². The van der Waals surface area contributed by atoms with Gasteiger partial charge in [-0.1, -0.05) is 26.2 Å². The highest BCUT2D eigenvalue weighted by Crippen LogP contribution is 2.32. The number of nitrogens with zero attached hydrogens (tertiary/aromatic N) is 1. The molecule has 2 heteroatoms. The molecule has 13 heavy (non-hydrogen) atoms. The van der Waals surface area contributed by atoms with Crippen LogP contribution in [0.3, 0.4) is 0 Å². The molecule has 0 aromatic carbocycles. The fourth-order valence-electron chi connectivity index (χ4n) is 2.45. The molecule has 0 aromatic rings. The molecule has 0 unspecified atom stereocenters. The molecule has 1 spiro atoms. The van der Waals surface area contributed by atoms with Crippen LogP contribution < -0.4 is 5.32 Å². The highest BCUT2D eigenvalue weighted by molar-refractivity contribution is 5.84. The Kier molecular flexibility index (Phi) is 2.56. The van der Waals surface area contributed by atoms with Gasteiger partial charge in [-0.3, -0.25) is 4.99 Å². The van der Waals surface area contributed by atoms with Crippen LogP contribution in [0.4, 0.5) is 0 Å². The first kappa shape index (κ1) is 9.04. The smallest absolute Gasteiger partial charge is 0.0969 e. The average molecular weight is 180 g/mol. The number of rotatable bonds is 3. The molecular formula is C11H20N2. The van der Waals surface area contributed by atoms with Crippen LogP contribution in [0, 0.1) is 0 Å². The second kappa shape index (κ2) is 3.69. The van der Waals surface area contributed by atoms with Crippen molar-refractivity contribution in [2.75, 3.05) is 6.54 Å². The van der Waals surface area contributed by atoms with E-state index < -0.39 is 0 Å². The molecule has 0 atom stereocenters. The van der Waals surface area contributed by atoms with E-state index in [0.717, 1.165) is 13.0 Å². The first-order chi connectivity index (χ1) is 6.35. The molecule has 2 nitrogen and oxygen atoms in total. The molecule has 1 N–H and O–H groups in total. The van der Waals surface area contributed by atoms with Crippen LogP contribution in [0.5, 0.6) is 0 Å². The zero-order valence-corrected chi connectivity index (χ0v) is 8.60. The minimum Gasteiger partial charge on any atom is -0.367 e. The summed E-state index contributed by atoms with van der Waals surface area (Å²) in [7, 11) is 0. The van der Waals surface area contributed by atoms with Gasteiger partial charge in [0, 0.05) is 6.42 Å². The molecule has 0 aromatic heterocycles. The fourth-order valence-corrected chi connectivity index (χ4v) is 2.45. The summed E-state index contributed by atoms with van der Waals surface area (Å²) in [5.41, 5.74) is 0.406. The Morgan fingerprint density at radius 1 is 1.38 bits per heavy atom. The third kappa shape index (κ3) is 1.87. The fraction of sp³-hybridized carbons (Fsp3) is 0.909. The van der Waals surface area contributed by atoms with E-state index >= 15 is 0 Å². The van der Waals surface area contributed by atoms with Crippen molar-refractivity contribution < 1.29 is 0 Å². The van der Waals surface area contributed by atoms with Crippen LogP contribution >= 0.6 is 0 Å². The van der Waals surface area contributed by atoms with Crippen molar-refractivity contribution in [1.82, 2.24) is 5.32 Å². The third-order valence-electron chi connectivity index (χ3n) is 3.31. The van der Waals surface area contributed by atoms with E-state index in [-0.39, 0.29) is 0 Å². The first-order valence-electron chi connectivity index (χ1n) is 5.66. The SMILES string of the molecule is CCCCC1=NCC2(CCCC2)N1.